The molecule has 1 saturated carbocycles. The molecule has 0 aromatic heterocycles. The van der Waals surface area contributed by atoms with Gasteiger partial charge in [0.15, 0.2) is 0 Å². The molecule has 0 amide bonds. The Labute approximate surface area is 142 Å². The monoisotopic (exact) mass is 417 g/mol. The highest BCUT2D eigenvalue weighted by atomic mass is 32.2. The van der Waals surface area contributed by atoms with Gasteiger partial charge in [-0.25, -0.2) is 16.8 Å². The Morgan fingerprint density at radius 3 is 1.92 bits per heavy atom. The summed E-state index contributed by atoms with van der Waals surface area (Å²) >= 11 is 0. The van der Waals surface area contributed by atoms with Gasteiger partial charge in [0.05, 0.1) is 0 Å². The van der Waals surface area contributed by atoms with Crippen LogP contribution in [0.1, 0.15) is 32.1 Å². The van der Waals surface area contributed by atoms with Gasteiger partial charge in [-0.1, -0.05) is 19.3 Å². The maximum atomic E-state index is 13.9. The number of sulfonamides is 1. The molecule has 2 fully saturated rings. The first-order chi connectivity index (χ1) is 11.3. The number of alkyl halides is 6. The third kappa shape index (κ3) is 3.15. The second kappa shape index (κ2) is 6.55. The minimum atomic E-state index is -6.60. The van der Waals surface area contributed by atoms with Crippen LogP contribution in [0.3, 0.4) is 0 Å². The summed E-state index contributed by atoms with van der Waals surface area (Å²) in [7, 11) is -11.5. The molecule has 0 spiro atoms. The minimum Gasteiger partial charge on any atom is -0.225 e. The van der Waals surface area contributed by atoms with Crippen molar-refractivity contribution in [3.05, 3.63) is 0 Å². The number of nitrogens with zero attached hydrogens (tertiary/aromatic N) is 1. The van der Waals surface area contributed by atoms with E-state index >= 15 is 0 Å². The predicted octanol–water partition coefficient (Wildman–Crippen LogP) is 2.26. The maximum absolute atomic E-state index is 13.9. The normalized spacial score (nSPS) is 27.3. The molecule has 2 unspecified atom stereocenters. The van der Waals surface area contributed by atoms with Crippen LogP contribution >= 0.6 is 0 Å². The van der Waals surface area contributed by atoms with Gasteiger partial charge < -0.3 is 0 Å². The number of halogens is 6. The summed E-state index contributed by atoms with van der Waals surface area (Å²) in [6.07, 6.45) is 3.08. The number of fused-ring (bicyclic) bond motifs is 1. The lowest BCUT2D eigenvalue weighted by molar-refractivity contribution is -0.244. The highest BCUT2D eigenvalue weighted by Crippen LogP contribution is 2.50. The van der Waals surface area contributed by atoms with Crippen LogP contribution in [0.5, 0.6) is 0 Å². The average molecular weight is 417 g/mol. The fraction of sp³-hybridized carbons (Fsp3) is 1.00. The Kier molecular flexibility index (Phi) is 5.44. The van der Waals surface area contributed by atoms with Gasteiger partial charge in [0, 0.05) is 13.1 Å². The van der Waals surface area contributed by atoms with Crippen molar-refractivity contribution in [2.24, 2.45) is 11.8 Å². The third-order valence-electron chi connectivity index (χ3n) is 4.89. The molecule has 2 rings (SSSR count). The van der Waals surface area contributed by atoms with E-state index in [0.29, 0.717) is 6.42 Å². The van der Waals surface area contributed by atoms with Crippen LogP contribution in [0.4, 0.5) is 26.3 Å². The second-order valence-electron chi connectivity index (χ2n) is 6.35. The molecule has 1 aliphatic carbocycles. The minimum absolute atomic E-state index is 0.0758. The molecule has 0 N–H and O–H groups in total. The van der Waals surface area contributed by atoms with E-state index in [0.717, 1.165) is 19.3 Å². The van der Waals surface area contributed by atoms with E-state index in [1.165, 1.54) is 0 Å². The van der Waals surface area contributed by atoms with E-state index in [2.05, 4.69) is 0 Å². The van der Waals surface area contributed by atoms with Crippen LogP contribution in [0.2, 0.25) is 0 Å². The summed E-state index contributed by atoms with van der Waals surface area (Å²) in [5.74, 6) is -6.83. The van der Waals surface area contributed by atoms with Crippen LogP contribution in [-0.4, -0.2) is 50.7 Å². The summed E-state index contributed by atoms with van der Waals surface area (Å²) in [5.41, 5.74) is 0. The molecule has 0 radical (unpaired) electrons. The summed E-state index contributed by atoms with van der Waals surface area (Å²) < 4.78 is 126. The van der Waals surface area contributed by atoms with Crippen molar-refractivity contribution < 1.29 is 43.2 Å². The molecule has 1 aliphatic heterocycles. The molecule has 1 heterocycles. The molecular formula is C12H17F6NO4S2. The van der Waals surface area contributed by atoms with Crippen molar-refractivity contribution in [1.29, 1.82) is 0 Å². The van der Waals surface area contributed by atoms with Crippen molar-refractivity contribution in [1.82, 2.24) is 4.31 Å². The van der Waals surface area contributed by atoms with Gasteiger partial charge in [-0.2, -0.15) is 30.6 Å². The van der Waals surface area contributed by atoms with Gasteiger partial charge in [-0.15, -0.1) is 0 Å². The molecule has 2 aliphatic rings. The number of hydrogen-bond acceptors (Lipinski definition) is 4. The highest BCUT2D eigenvalue weighted by Gasteiger charge is 2.80. The lowest BCUT2D eigenvalue weighted by Crippen LogP contribution is -2.62. The Bertz CT molecular complexity index is 686. The quantitative estimate of drug-likeness (QED) is 0.550. The van der Waals surface area contributed by atoms with E-state index in [-0.39, 0.29) is 22.6 Å². The molecule has 2 atom stereocenters. The van der Waals surface area contributed by atoms with Crippen molar-refractivity contribution in [3.8, 4) is 0 Å². The zero-order chi connectivity index (χ0) is 19.3. The summed E-state index contributed by atoms with van der Waals surface area (Å²) in [6.45, 7) is -0.960. The summed E-state index contributed by atoms with van der Waals surface area (Å²) in [4.78, 5) is 0. The number of rotatable bonds is 5. The average Bonchev–Trinajstić information content (AvgIpc) is 2.53. The third-order valence-corrected chi connectivity index (χ3v) is 7.55. The lowest BCUT2D eigenvalue weighted by Gasteiger charge is -2.42. The van der Waals surface area contributed by atoms with Crippen LogP contribution in [-0.2, 0) is 20.7 Å². The molecule has 25 heavy (non-hydrogen) atoms. The summed E-state index contributed by atoms with van der Waals surface area (Å²) in [5, 5.41) is -12.5. The van der Waals surface area contributed by atoms with Crippen molar-refractivity contribution in [2.75, 3.05) is 13.1 Å². The first kappa shape index (κ1) is 20.7. The molecule has 0 aromatic rings. The SMILES string of the molecule is O=[SH](=O)C(F)(F)C(F)(F)C(F)(F)S(=O)(=O)N1CCC2CCCCC2C1. The van der Waals surface area contributed by atoms with Gasteiger partial charge in [0.25, 0.3) is 10.0 Å². The molecule has 0 bridgehead atoms. The zero-order valence-electron chi connectivity index (χ0n) is 12.8. The van der Waals surface area contributed by atoms with Gasteiger partial charge in [0.2, 0.25) is 10.7 Å². The molecular weight excluding hydrogens is 400 g/mol. The van der Waals surface area contributed by atoms with Crippen LogP contribution < -0.4 is 0 Å². The first-order valence-electron chi connectivity index (χ1n) is 7.54. The first-order valence-corrected chi connectivity index (χ1v) is 10.2. The van der Waals surface area contributed by atoms with E-state index in [9.17, 15) is 43.2 Å². The Hall–Kier alpha value is -0.560. The smallest absolute Gasteiger partial charge is 0.225 e. The molecule has 1 saturated heterocycles. The Balaban J connectivity index is 2.34. The van der Waals surface area contributed by atoms with Gasteiger partial charge in [0.1, 0.15) is 0 Å². The molecule has 0 aromatic carbocycles. The Morgan fingerprint density at radius 2 is 1.40 bits per heavy atom. The molecule has 148 valence electrons. The van der Waals surface area contributed by atoms with Crippen molar-refractivity contribution >= 4 is 20.7 Å². The van der Waals surface area contributed by atoms with Gasteiger partial charge >= 0.3 is 16.4 Å². The van der Waals surface area contributed by atoms with E-state index in [1.807, 2.05) is 0 Å². The fourth-order valence-electron chi connectivity index (χ4n) is 3.40. The highest BCUT2D eigenvalue weighted by molar-refractivity contribution is 7.90. The van der Waals surface area contributed by atoms with Crippen LogP contribution in [0.15, 0.2) is 0 Å². The molecule has 5 nitrogen and oxygen atoms in total. The van der Waals surface area contributed by atoms with Crippen molar-refractivity contribution in [3.63, 3.8) is 0 Å². The van der Waals surface area contributed by atoms with Gasteiger partial charge in [-0.3, -0.25) is 0 Å². The second-order valence-corrected chi connectivity index (χ2v) is 9.40. The van der Waals surface area contributed by atoms with Gasteiger partial charge in [-0.05, 0) is 24.7 Å². The lowest BCUT2D eigenvalue weighted by atomic mass is 9.76. The standard InChI is InChI=1S/C12H17F6NO4S2/c13-10(14,11(15,16)24(20)21)12(17,18)25(22,23)19-6-5-8-3-1-2-4-9(8)7-19/h8-9,24H,1-7H2. The molecule has 13 heteroatoms. The number of piperidine rings is 1. The number of hydrogen-bond donors (Lipinski definition) is 1. The fourth-order valence-corrected chi connectivity index (χ4v) is 5.35. The van der Waals surface area contributed by atoms with Crippen molar-refractivity contribution in [2.45, 2.75) is 48.5 Å². The predicted molar refractivity (Wildman–Crippen MR) is 75.7 cm³/mol. The van der Waals surface area contributed by atoms with Crippen LogP contribution in [0.25, 0.3) is 0 Å². The van der Waals surface area contributed by atoms with E-state index in [4.69, 9.17) is 0 Å². The zero-order valence-corrected chi connectivity index (χ0v) is 14.5. The maximum Gasteiger partial charge on any atom is 0.428 e. The van der Waals surface area contributed by atoms with E-state index < -0.39 is 50.2 Å². The van der Waals surface area contributed by atoms with Crippen LogP contribution in [0, 0.1) is 11.8 Å². The number of thiol groups is 1. The Morgan fingerprint density at radius 1 is 0.880 bits per heavy atom. The summed E-state index contributed by atoms with van der Waals surface area (Å²) in [6, 6.07) is 0. The van der Waals surface area contributed by atoms with E-state index in [1.54, 1.807) is 0 Å². The largest absolute Gasteiger partial charge is 0.428 e. The topological polar surface area (TPSA) is 71.5 Å².